The molecule has 0 atom stereocenters. The standard InChI is InChI=1S/C13H13BrN2O2/c1-8(17)11-7-12(16(2)15-11)10-6-9(14)4-5-13(10)18-3/h4-7H,1-3H3. The Bertz CT molecular complexity index is 605. The Labute approximate surface area is 114 Å². The van der Waals surface area contributed by atoms with Crippen molar-refractivity contribution in [1.82, 2.24) is 9.78 Å². The van der Waals surface area contributed by atoms with Crippen molar-refractivity contribution in [3.63, 3.8) is 0 Å². The van der Waals surface area contributed by atoms with Crippen molar-refractivity contribution in [3.8, 4) is 17.0 Å². The summed E-state index contributed by atoms with van der Waals surface area (Å²) in [6.07, 6.45) is 0. The lowest BCUT2D eigenvalue weighted by atomic mass is 10.1. The van der Waals surface area contributed by atoms with Gasteiger partial charge in [-0.15, -0.1) is 0 Å². The third kappa shape index (κ3) is 2.31. The fourth-order valence-corrected chi connectivity index (χ4v) is 2.13. The summed E-state index contributed by atoms with van der Waals surface area (Å²) in [5.41, 5.74) is 2.20. The maximum atomic E-state index is 11.3. The first-order valence-corrected chi connectivity index (χ1v) is 6.21. The predicted octanol–water partition coefficient (Wildman–Crippen LogP) is 3.06. The van der Waals surface area contributed by atoms with E-state index in [1.54, 1.807) is 17.9 Å². The fraction of sp³-hybridized carbons (Fsp3) is 0.231. The third-order valence-corrected chi connectivity index (χ3v) is 3.17. The Morgan fingerprint density at radius 3 is 2.67 bits per heavy atom. The SMILES string of the molecule is COc1ccc(Br)cc1-c1cc(C(C)=O)nn1C. The third-order valence-electron chi connectivity index (χ3n) is 2.68. The lowest BCUT2D eigenvalue weighted by molar-refractivity contribution is 0.101. The predicted molar refractivity (Wildman–Crippen MR) is 72.9 cm³/mol. The lowest BCUT2D eigenvalue weighted by Gasteiger charge is -2.08. The average Bonchev–Trinajstić information content (AvgIpc) is 2.71. The molecular formula is C13H13BrN2O2. The van der Waals surface area contributed by atoms with Gasteiger partial charge in [-0.3, -0.25) is 9.48 Å². The molecule has 0 aliphatic carbocycles. The monoisotopic (exact) mass is 308 g/mol. The summed E-state index contributed by atoms with van der Waals surface area (Å²) in [5, 5.41) is 4.19. The van der Waals surface area contributed by atoms with Crippen LogP contribution < -0.4 is 4.74 Å². The molecule has 0 amide bonds. The smallest absolute Gasteiger partial charge is 0.180 e. The summed E-state index contributed by atoms with van der Waals surface area (Å²) in [4.78, 5) is 11.3. The zero-order valence-electron chi connectivity index (χ0n) is 10.4. The lowest BCUT2D eigenvalue weighted by Crippen LogP contribution is -1.98. The molecule has 0 spiro atoms. The number of nitrogens with zero attached hydrogens (tertiary/aromatic N) is 2. The fourth-order valence-electron chi connectivity index (χ4n) is 1.77. The summed E-state index contributed by atoms with van der Waals surface area (Å²) in [6.45, 7) is 1.50. The topological polar surface area (TPSA) is 44.1 Å². The number of hydrogen-bond acceptors (Lipinski definition) is 3. The number of halogens is 1. The minimum atomic E-state index is -0.0502. The van der Waals surface area contributed by atoms with E-state index in [4.69, 9.17) is 4.74 Å². The molecule has 0 radical (unpaired) electrons. The Morgan fingerprint density at radius 1 is 1.39 bits per heavy atom. The Morgan fingerprint density at radius 2 is 2.11 bits per heavy atom. The maximum absolute atomic E-state index is 11.3. The molecule has 18 heavy (non-hydrogen) atoms. The first-order chi connectivity index (χ1) is 8.52. The molecule has 2 rings (SSSR count). The van der Waals surface area contributed by atoms with E-state index in [1.807, 2.05) is 25.2 Å². The largest absolute Gasteiger partial charge is 0.496 e. The Balaban J connectivity index is 2.60. The van der Waals surface area contributed by atoms with E-state index in [-0.39, 0.29) is 5.78 Å². The van der Waals surface area contributed by atoms with Gasteiger partial charge in [0.05, 0.1) is 12.8 Å². The number of aromatic nitrogens is 2. The number of hydrogen-bond donors (Lipinski definition) is 0. The van der Waals surface area contributed by atoms with E-state index in [9.17, 15) is 4.79 Å². The highest BCUT2D eigenvalue weighted by molar-refractivity contribution is 9.10. The van der Waals surface area contributed by atoms with Gasteiger partial charge in [0.1, 0.15) is 11.4 Å². The number of rotatable bonds is 3. The number of ketones is 1. The van der Waals surface area contributed by atoms with Crippen molar-refractivity contribution in [2.45, 2.75) is 6.92 Å². The minimum Gasteiger partial charge on any atom is -0.496 e. The van der Waals surface area contributed by atoms with Gasteiger partial charge in [0.2, 0.25) is 0 Å². The first kappa shape index (κ1) is 12.8. The van der Waals surface area contributed by atoms with Crippen molar-refractivity contribution in [3.05, 3.63) is 34.4 Å². The molecule has 0 fully saturated rings. The number of methoxy groups -OCH3 is 1. The van der Waals surface area contributed by atoms with Gasteiger partial charge < -0.3 is 4.74 Å². The summed E-state index contributed by atoms with van der Waals surface area (Å²) in [7, 11) is 3.43. The summed E-state index contributed by atoms with van der Waals surface area (Å²) >= 11 is 3.43. The Kier molecular flexibility index (Phi) is 3.52. The van der Waals surface area contributed by atoms with Crippen LogP contribution in [-0.2, 0) is 7.05 Å². The molecule has 0 saturated heterocycles. The van der Waals surface area contributed by atoms with E-state index >= 15 is 0 Å². The van der Waals surface area contributed by atoms with Crippen molar-refractivity contribution in [2.24, 2.45) is 7.05 Å². The number of ether oxygens (including phenoxy) is 1. The normalized spacial score (nSPS) is 10.4. The molecule has 0 bridgehead atoms. The maximum Gasteiger partial charge on any atom is 0.180 e. The van der Waals surface area contributed by atoms with Crippen LogP contribution in [0.25, 0.3) is 11.3 Å². The molecular weight excluding hydrogens is 296 g/mol. The zero-order valence-corrected chi connectivity index (χ0v) is 12.0. The molecule has 1 heterocycles. The number of carbonyl (C=O) groups is 1. The van der Waals surface area contributed by atoms with E-state index in [0.717, 1.165) is 21.5 Å². The molecule has 0 saturated carbocycles. The van der Waals surface area contributed by atoms with Crippen LogP contribution in [0.3, 0.4) is 0 Å². The number of carbonyl (C=O) groups excluding carboxylic acids is 1. The van der Waals surface area contributed by atoms with Gasteiger partial charge in [0.25, 0.3) is 0 Å². The van der Waals surface area contributed by atoms with Crippen LogP contribution >= 0.6 is 15.9 Å². The van der Waals surface area contributed by atoms with Gasteiger partial charge in [-0.25, -0.2) is 0 Å². The van der Waals surface area contributed by atoms with Crippen LogP contribution in [0.4, 0.5) is 0 Å². The molecule has 0 unspecified atom stereocenters. The molecule has 2 aromatic rings. The van der Waals surface area contributed by atoms with Gasteiger partial charge in [-0.2, -0.15) is 5.10 Å². The van der Waals surface area contributed by atoms with Crippen LogP contribution in [0.1, 0.15) is 17.4 Å². The number of benzene rings is 1. The average molecular weight is 309 g/mol. The van der Waals surface area contributed by atoms with Gasteiger partial charge in [0.15, 0.2) is 5.78 Å². The summed E-state index contributed by atoms with van der Waals surface area (Å²) in [5.74, 6) is 0.696. The van der Waals surface area contributed by atoms with Crippen molar-refractivity contribution in [2.75, 3.05) is 7.11 Å². The molecule has 4 nitrogen and oxygen atoms in total. The van der Waals surface area contributed by atoms with Crippen LogP contribution in [0.2, 0.25) is 0 Å². The highest BCUT2D eigenvalue weighted by atomic mass is 79.9. The summed E-state index contributed by atoms with van der Waals surface area (Å²) < 4.78 is 7.96. The van der Waals surface area contributed by atoms with Crippen LogP contribution in [0, 0.1) is 0 Å². The first-order valence-electron chi connectivity index (χ1n) is 5.42. The molecule has 0 N–H and O–H groups in total. The van der Waals surface area contributed by atoms with Crippen molar-refractivity contribution < 1.29 is 9.53 Å². The van der Waals surface area contributed by atoms with Crippen LogP contribution in [-0.4, -0.2) is 22.7 Å². The second-order valence-electron chi connectivity index (χ2n) is 3.94. The Hall–Kier alpha value is -1.62. The highest BCUT2D eigenvalue weighted by Gasteiger charge is 2.14. The quantitative estimate of drug-likeness (QED) is 0.819. The van der Waals surface area contributed by atoms with Gasteiger partial charge in [0, 0.05) is 24.0 Å². The van der Waals surface area contributed by atoms with E-state index in [0.29, 0.717) is 5.69 Å². The highest BCUT2D eigenvalue weighted by Crippen LogP contribution is 2.32. The van der Waals surface area contributed by atoms with E-state index in [2.05, 4.69) is 21.0 Å². The zero-order chi connectivity index (χ0) is 13.3. The van der Waals surface area contributed by atoms with Crippen molar-refractivity contribution in [1.29, 1.82) is 0 Å². The second-order valence-corrected chi connectivity index (χ2v) is 4.85. The van der Waals surface area contributed by atoms with Gasteiger partial charge in [-0.05, 0) is 24.3 Å². The minimum absolute atomic E-state index is 0.0502. The molecule has 0 aliphatic heterocycles. The van der Waals surface area contributed by atoms with E-state index in [1.165, 1.54) is 6.92 Å². The van der Waals surface area contributed by atoms with Gasteiger partial charge >= 0.3 is 0 Å². The van der Waals surface area contributed by atoms with E-state index < -0.39 is 0 Å². The molecule has 1 aromatic carbocycles. The summed E-state index contributed by atoms with van der Waals surface area (Å²) in [6, 6.07) is 7.50. The molecule has 5 heteroatoms. The molecule has 1 aromatic heterocycles. The number of aryl methyl sites for hydroxylation is 1. The number of Topliss-reactive ketones (excluding diaryl/α,β-unsaturated/α-hetero) is 1. The second kappa shape index (κ2) is 4.94. The van der Waals surface area contributed by atoms with Crippen LogP contribution in [0.5, 0.6) is 5.75 Å². The molecule has 0 aliphatic rings. The van der Waals surface area contributed by atoms with Gasteiger partial charge in [-0.1, -0.05) is 15.9 Å². The van der Waals surface area contributed by atoms with Crippen LogP contribution in [0.15, 0.2) is 28.7 Å². The van der Waals surface area contributed by atoms with Crippen molar-refractivity contribution >= 4 is 21.7 Å². The molecule has 94 valence electrons.